The average molecular weight is 458 g/mol. The number of carbonyl (C=O) groups is 3. The van der Waals surface area contributed by atoms with Gasteiger partial charge in [0, 0.05) is 0 Å². The Morgan fingerprint density at radius 3 is 2.48 bits per heavy atom. The summed E-state index contributed by atoms with van der Waals surface area (Å²) >= 11 is 7.13. The fourth-order valence-corrected chi connectivity index (χ4v) is 3.85. The van der Waals surface area contributed by atoms with Crippen LogP contribution >= 0.6 is 22.9 Å². The molecule has 1 aromatic heterocycles. The van der Waals surface area contributed by atoms with Gasteiger partial charge < -0.3 is 10.1 Å². The molecule has 3 amide bonds. The van der Waals surface area contributed by atoms with Crippen LogP contribution in [0.3, 0.4) is 0 Å². The Kier molecular flexibility index (Phi) is 7.28. The quantitative estimate of drug-likeness (QED) is 0.485. The Labute approximate surface area is 188 Å². The van der Waals surface area contributed by atoms with E-state index in [0.29, 0.717) is 31.8 Å². The predicted molar refractivity (Wildman–Crippen MR) is 121 cm³/mol. The molecule has 0 aliphatic heterocycles. The van der Waals surface area contributed by atoms with E-state index in [2.05, 4.69) is 16.2 Å². The number of halogens is 1. The summed E-state index contributed by atoms with van der Waals surface area (Å²) in [5.74, 6) is -0.809. The third-order valence-electron chi connectivity index (χ3n) is 4.15. The molecule has 31 heavy (non-hydrogen) atoms. The van der Waals surface area contributed by atoms with E-state index in [0.717, 1.165) is 16.9 Å². The minimum atomic E-state index is -0.503. The SMILES string of the molecule is Cc1cccc(OCC(=O)NNC(=O)c2sc(NC(=O)c3ccccc3Cl)cc2C)c1. The molecule has 2 aromatic carbocycles. The number of hydrazine groups is 1. The molecule has 3 aromatic rings. The third-order valence-corrected chi connectivity index (χ3v) is 5.64. The van der Waals surface area contributed by atoms with Crippen LogP contribution in [0.4, 0.5) is 5.00 Å². The highest BCUT2D eigenvalue weighted by Crippen LogP contribution is 2.27. The summed E-state index contributed by atoms with van der Waals surface area (Å²) in [5, 5.41) is 3.55. The fraction of sp³-hybridized carbons (Fsp3) is 0.136. The Morgan fingerprint density at radius 2 is 1.74 bits per heavy atom. The molecule has 0 fully saturated rings. The lowest BCUT2D eigenvalue weighted by molar-refractivity contribution is -0.123. The highest BCUT2D eigenvalue weighted by molar-refractivity contribution is 7.18. The number of nitrogens with one attached hydrogen (secondary N) is 3. The van der Waals surface area contributed by atoms with Gasteiger partial charge in [-0.05, 0) is 55.3 Å². The van der Waals surface area contributed by atoms with E-state index in [-0.39, 0.29) is 12.5 Å². The Bertz CT molecular complexity index is 1130. The molecule has 0 spiro atoms. The molecule has 0 saturated carbocycles. The molecule has 0 saturated heterocycles. The summed E-state index contributed by atoms with van der Waals surface area (Å²) < 4.78 is 5.39. The summed E-state index contributed by atoms with van der Waals surface area (Å²) in [6, 6.07) is 15.7. The predicted octanol–water partition coefficient (Wildman–Crippen LogP) is 4.11. The molecule has 9 heteroatoms. The zero-order valence-corrected chi connectivity index (χ0v) is 18.4. The molecule has 0 bridgehead atoms. The number of ether oxygens (including phenoxy) is 1. The van der Waals surface area contributed by atoms with Crippen molar-refractivity contribution >= 4 is 45.7 Å². The third kappa shape index (κ3) is 6.07. The Balaban J connectivity index is 1.53. The van der Waals surface area contributed by atoms with Gasteiger partial charge >= 0.3 is 0 Å². The second-order valence-corrected chi connectivity index (χ2v) is 8.12. The minimum Gasteiger partial charge on any atom is -0.484 e. The Hall–Kier alpha value is -3.36. The first-order chi connectivity index (χ1) is 14.8. The van der Waals surface area contributed by atoms with Crippen LogP contribution in [0.25, 0.3) is 0 Å². The van der Waals surface area contributed by atoms with Crippen LogP contribution in [0.2, 0.25) is 5.02 Å². The maximum absolute atomic E-state index is 12.4. The number of amides is 3. The van der Waals surface area contributed by atoms with Gasteiger partial charge in [-0.1, -0.05) is 35.9 Å². The molecule has 0 unspecified atom stereocenters. The van der Waals surface area contributed by atoms with Crippen molar-refractivity contribution in [3.05, 3.63) is 81.2 Å². The van der Waals surface area contributed by atoms with Crippen molar-refractivity contribution in [3.63, 3.8) is 0 Å². The minimum absolute atomic E-state index is 0.244. The monoisotopic (exact) mass is 457 g/mol. The van der Waals surface area contributed by atoms with Crippen molar-refractivity contribution in [3.8, 4) is 5.75 Å². The second kappa shape index (κ2) is 10.1. The van der Waals surface area contributed by atoms with E-state index in [1.165, 1.54) is 0 Å². The summed E-state index contributed by atoms with van der Waals surface area (Å²) in [7, 11) is 0. The molecule has 0 radical (unpaired) electrons. The maximum atomic E-state index is 12.4. The zero-order chi connectivity index (χ0) is 22.4. The number of hydrogen-bond donors (Lipinski definition) is 3. The van der Waals surface area contributed by atoms with Crippen molar-refractivity contribution in [2.75, 3.05) is 11.9 Å². The molecule has 160 valence electrons. The largest absolute Gasteiger partial charge is 0.484 e. The highest BCUT2D eigenvalue weighted by atomic mass is 35.5. The second-order valence-electron chi connectivity index (χ2n) is 6.66. The summed E-state index contributed by atoms with van der Waals surface area (Å²) in [6.07, 6.45) is 0. The standard InChI is InChI=1S/C22H20ClN3O4S/c1-13-6-5-7-15(10-13)30-12-18(27)25-26-22(29)20-14(2)11-19(31-20)24-21(28)16-8-3-4-9-17(16)23/h3-11H,12H2,1-2H3,(H,24,28)(H,25,27)(H,26,29). The highest BCUT2D eigenvalue weighted by Gasteiger charge is 2.17. The van der Waals surface area contributed by atoms with Crippen LogP contribution in [0, 0.1) is 13.8 Å². The van der Waals surface area contributed by atoms with Crippen molar-refractivity contribution in [2.45, 2.75) is 13.8 Å². The number of thiophene rings is 1. The number of aryl methyl sites for hydroxylation is 2. The Morgan fingerprint density at radius 1 is 0.968 bits per heavy atom. The molecule has 0 aliphatic carbocycles. The lowest BCUT2D eigenvalue weighted by atomic mass is 10.2. The van der Waals surface area contributed by atoms with Crippen LogP contribution < -0.4 is 20.9 Å². The molecule has 0 atom stereocenters. The van der Waals surface area contributed by atoms with Gasteiger partial charge in [-0.3, -0.25) is 25.2 Å². The van der Waals surface area contributed by atoms with Crippen molar-refractivity contribution in [2.24, 2.45) is 0 Å². The van der Waals surface area contributed by atoms with Crippen molar-refractivity contribution < 1.29 is 19.1 Å². The first-order valence-corrected chi connectivity index (χ1v) is 10.5. The van der Waals surface area contributed by atoms with Crippen molar-refractivity contribution in [1.82, 2.24) is 10.9 Å². The molecule has 3 rings (SSSR count). The average Bonchev–Trinajstić information content (AvgIpc) is 3.10. The van der Waals surface area contributed by atoms with Gasteiger partial charge in [0.1, 0.15) is 5.75 Å². The van der Waals surface area contributed by atoms with E-state index >= 15 is 0 Å². The first kappa shape index (κ1) is 22.3. The van der Waals surface area contributed by atoms with Gasteiger partial charge in [0.2, 0.25) is 0 Å². The molecule has 3 N–H and O–H groups in total. The van der Waals surface area contributed by atoms with Crippen molar-refractivity contribution in [1.29, 1.82) is 0 Å². The molecular weight excluding hydrogens is 438 g/mol. The lowest BCUT2D eigenvalue weighted by Crippen LogP contribution is -2.43. The first-order valence-electron chi connectivity index (χ1n) is 9.28. The number of carbonyl (C=O) groups excluding carboxylic acids is 3. The van der Waals surface area contributed by atoms with Crippen LogP contribution in [0.1, 0.15) is 31.2 Å². The van der Waals surface area contributed by atoms with E-state index in [1.807, 2.05) is 19.1 Å². The molecule has 7 nitrogen and oxygen atoms in total. The lowest BCUT2D eigenvalue weighted by Gasteiger charge is -2.09. The normalized spacial score (nSPS) is 10.3. The van der Waals surface area contributed by atoms with Gasteiger partial charge in [-0.2, -0.15) is 0 Å². The van der Waals surface area contributed by atoms with Gasteiger partial charge in [0.05, 0.1) is 20.5 Å². The van der Waals surface area contributed by atoms with Gasteiger partial charge in [-0.15, -0.1) is 11.3 Å². The van der Waals surface area contributed by atoms with Gasteiger partial charge in [-0.25, -0.2) is 0 Å². The topological polar surface area (TPSA) is 96.5 Å². The van der Waals surface area contributed by atoms with Gasteiger partial charge in [0.15, 0.2) is 6.61 Å². The summed E-state index contributed by atoms with van der Waals surface area (Å²) in [5.41, 5.74) is 6.67. The zero-order valence-electron chi connectivity index (χ0n) is 16.8. The van der Waals surface area contributed by atoms with E-state index < -0.39 is 11.8 Å². The van der Waals surface area contributed by atoms with E-state index in [1.54, 1.807) is 49.4 Å². The number of anilines is 1. The van der Waals surface area contributed by atoms with E-state index in [4.69, 9.17) is 16.3 Å². The molecular formula is C22H20ClN3O4S. The molecule has 0 aliphatic rings. The van der Waals surface area contributed by atoms with Crippen LogP contribution in [0.15, 0.2) is 54.6 Å². The smallest absolute Gasteiger partial charge is 0.280 e. The fourth-order valence-electron chi connectivity index (χ4n) is 2.67. The van der Waals surface area contributed by atoms with Crippen LogP contribution in [-0.4, -0.2) is 24.3 Å². The summed E-state index contributed by atoms with van der Waals surface area (Å²) in [6.45, 7) is 3.41. The molecule has 1 heterocycles. The van der Waals surface area contributed by atoms with E-state index in [9.17, 15) is 14.4 Å². The number of hydrogen-bond acceptors (Lipinski definition) is 5. The van der Waals surface area contributed by atoms with Gasteiger partial charge in [0.25, 0.3) is 17.7 Å². The number of rotatable bonds is 6. The number of benzene rings is 2. The maximum Gasteiger partial charge on any atom is 0.280 e. The van der Waals surface area contributed by atoms with Crippen LogP contribution in [0.5, 0.6) is 5.75 Å². The van der Waals surface area contributed by atoms with Crippen LogP contribution in [-0.2, 0) is 4.79 Å². The summed E-state index contributed by atoms with van der Waals surface area (Å²) in [4.78, 5) is 37.1.